The molecule has 10 heteroatoms. The minimum Gasteiger partial charge on any atom is -0.510 e. The highest BCUT2D eigenvalue weighted by atomic mass is 19.1. The molecule has 1 saturated heterocycles. The van der Waals surface area contributed by atoms with Crippen LogP contribution in [0.2, 0.25) is 0 Å². The molecule has 3 aliphatic carbocycles. The van der Waals surface area contributed by atoms with Crippen LogP contribution in [-0.2, 0) is 22.6 Å². The van der Waals surface area contributed by atoms with Gasteiger partial charge in [0.1, 0.15) is 23.1 Å². The summed E-state index contributed by atoms with van der Waals surface area (Å²) in [6, 6.07) is 0.617. The number of nitrogens with two attached hydrogens (primary N) is 1. The van der Waals surface area contributed by atoms with Crippen molar-refractivity contribution in [2.75, 3.05) is 20.6 Å². The molecule has 1 amide bonds. The first-order valence-corrected chi connectivity index (χ1v) is 13.4. The SMILES string of the molecule is C=C1C(C(N)=O)=C(O)[C@@H](N(C)C)[C@@H]2C[C@@H]3Cc4c(F)c(CN5CCCC[C@@H]5C)cc(O)c4C(O)=C3C(=O)[C@]12O. The average molecular weight is 542 g/mol. The zero-order valence-corrected chi connectivity index (χ0v) is 22.5. The Bertz CT molecular complexity index is 1350. The molecular weight excluding hydrogens is 505 g/mol. The number of nitrogens with zero attached hydrogens (tertiary/aromatic N) is 2. The standard InChI is InChI=1S/C29H36FN3O6/c1-13-7-5-6-8-33(13)12-16-11-19(34)22-17(23(16)30)9-15-10-18-24(32(3)4)26(36)20(28(31)38)14(2)29(18,39)27(37)21(15)25(22)35/h11,13,15,18,24,34-36,39H,2,5-10,12H2,1,3-4H3,(H2,31,38)/t13-,15-,18-,24-,29-/m0/s1. The fraction of sp³-hybridized carbons (Fsp3) is 0.517. The lowest BCUT2D eigenvalue weighted by Gasteiger charge is -2.52. The molecule has 210 valence electrons. The van der Waals surface area contributed by atoms with E-state index < -0.39 is 58.1 Å². The van der Waals surface area contributed by atoms with Crippen molar-refractivity contribution in [3.8, 4) is 5.75 Å². The molecule has 1 saturated carbocycles. The van der Waals surface area contributed by atoms with Gasteiger partial charge in [0.05, 0.1) is 17.2 Å². The number of halogens is 1. The predicted octanol–water partition coefficient (Wildman–Crippen LogP) is 2.46. The van der Waals surface area contributed by atoms with Gasteiger partial charge in [-0.3, -0.25) is 19.4 Å². The molecule has 0 radical (unpaired) electrons. The van der Waals surface area contributed by atoms with E-state index >= 15 is 4.39 Å². The van der Waals surface area contributed by atoms with Crippen LogP contribution in [0.1, 0.15) is 49.3 Å². The summed E-state index contributed by atoms with van der Waals surface area (Å²) in [5, 5.41) is 45.1. The molecule has 0 aromatic heterocycles. The summed E-state index contributed by atoms with van der Waals surface area (Å²) in [6.07, 6.45) is 3.23. The van der Waals surface area contributed by atoms with Gasteiger partial charge in [-0.15, -0.1) is 0 Å². The van der Waals surface area contributed by atoms with Gasteiger partial charge < -0.3 is 26.2 Å². The fourth-order valence-corrected chi connectivity index (χ4v) is 7.24. The smallest absolute Gasteiger partial charge is 0.252 e. The maximum absolute atomic E-state index is 16.0. The van der Waals surface area contributed by atoms with Crippen LogP contribution in [0.25, 0.3) is 5.76 Å². The summed E-state index contributed by atoms with van der Waals surface area (Å²) in [6.45, 7) is 6.99. The van der Waals surface area contributed by atoms with E-state index in [1.54, 1.807) is 19.0 Å². The monoisotopic (exact) mass is 541 g/mol. The van der Waals surface area contributed by atoms with Crippen LogP contribution in [0, 0.1) is 17.7 Å². The number of phenols is 1. The van der Waals surface area contributed by atoms with E-state index in [4.69, 9.17) is 5.73 Å². The van der Waals surface area contributed by atoms with Crippen LogP contribution in [0.15, 0.2) is 35.1 Å². The van der Waals surface area contributed by atoms with E-state index in [-0.39, 0.29) is 46.9 Å². The minimum atomic E-state index is -2.35. The Labute approximate surface area is 226 Å². The normalized spacial score (nSPS) is 31.3. The zero-order chi connectivity index (χ0) is 28.5. The highest BCUT2D eigenvalue weighted by Crippen LogP contribution is 2.54. The van der Waals surface area contributed by atoms with Crippen molar-refractivity contribution < 1.29 is 34.4 Å². The average Bonchev–Trinajstić information content (AvgIpc) is 2.85. The van der Waals surface area contributed by atoms with Crippen molar-refractivity contribution in [3.05, 3.63) is 57.6 Å². The molecule has 0 unspecified atom stereocenters. The van der Waals surface area contributed by atoms with E-state index in [1.165, 1.54) is 6.07 Å². The van der Waals surface area contributed by atoms with Crippen molar-refractivity contribution in [2.24, 2.45) is 17.6 Å². The molecule has 1 heterocycles. The molecule has 1 aromatic rings. The number of hydrogen-bond donors (Lipinski definition) is 5. The first kappa shape index (κ1) is 27.4. The third-order valence-corrected chi connectivity index (χ3v) is 9.23. The van der Waals surface area contributed by atoms with Crippen molar-refractivity contribution in [1.29, 1.82) is 0 Å². The number of carbonyl (C=O) groups excluding carboxylic acids is 2. The predicted molar refractivity (Wildman–Crippen MR) is 142 cm³/mol. The van der Waals surface area contributed by atoms with E-state index in [2.05, 4.69) is 18.4 Å². The van der Waals surface area contributed by atoms with Crippen LogP contribution in [-0.4, -0.2) is 80.2 Å². The van der Waals surface area contributed by atoms with Crippen LogP contribution < -0.4 is 5.73 Å². The summed E-state index contributed by atoms with van der Waals surface area (Å²) in [5.41, 5.74) is 2.49. The number of aliphatic hydroxyl groups excluding tert-OH is 2. The van der Waals surface area contributed by atoms with Gasteiger partial charge in [0.2, 0.25) is 0 Å². The molecule has 9 nitrogen and oxygen atoms in total. The van der Waals surface area contributed by atoms with Gasteiger partial charge >= 0.3 is 0 Å². The van der Waals surface area contributed by atoms with Gasteiger partial charge in [-0.25, -0.2) is 4.39 Å². The number of Topliss-reactive ketones (excluding diaryl/α,β-unsaturated/α-hetero) is 1. The molecule has 1 aliphatic heterocycles. The van der Waals surface area contributed by atoms with Crippen LogP contribution >= 0.6 is 0 Å². The number of aliphatic hydroxyl groups is 3. The summed E-state index contributed by atoms with van der Waals surface area (Å²) >= 11 is 0. The molecule has 4 aliphatic rings. The number of phenolic OH excluding ortho intramolecular Hbond substituents is 1. The van der Waals surface area contributed by atoms with E-state index in [9.17, 15) is 30.0 Å². The number of likely N-dealkylation sites (N-methyl/N-ethyl adjacent to an activating group) is 1. The van der Waals surface area contributed by atoms with Crippen molar-refractivity contribution in [3.63, 3.8) is 0 Å². The number of rotatable bonds is 4. The second kappa shape index (κ2) is 9.46. The molecular formula is C29H36FN3O6. The molecule has 5 rings (SSSR count). The fourth-order valence-electron chi connectivity index (χ4n) is 7.24. The number of hydrogen-bond acceptors (Lipinski definition) is 8. The Hall–Kier alpha value is -3.21. The maximum Gasteiger partial charge on any atom is 0.252 e. The summed E-state index contributed by atoms with van der Waals surface area (Å²) in [7, 11) is 3.26. The third kappa shape index (κ3) is 3.91. The molecule has 6 N–H and O–H groups in total. The zero-order valence-electron chi connectivity index (χ0n) is 22.5. The lowest BCUT2D eigenvalue weighted by atomic mass is 9.56. The number of piperidine rings is 1. The van der Waals surface area contributed by atoms with Gasteiger partial charge in [0.15, 0.2) is 11.4 Å². The number of aromatic hydroxyl groups is 1. The largest absolute Gasteiger partial charge is 0.510 e. The summed E-state index contributed by atoms with van der Waals surface area (Å²) in [4.78, 5) is 29.9. The molecule has 39 heavy (non-hydrogen) atoms. The highest BCUT2D eigenvalue weighted by molar-refractivity contribution is 6.13. The number of carbonyl (C=O) groups is 2. The number of primary amides is 1. The Balaban J connectivity index is 1.62. The lowest BCUT2D eigenvalue weighted by molar-refractivity contribution is -0.143. The first-order valence-electron chi connectivity index (χ1n) is 13.4. The van der Waals surface area contributed by atoms with E-state index in [1.807, 2.05) is 0 Å². The molecule has 1 aromatic carbocycles. The summed E-state index contributed by atoms with van der Waals surface area (Å²) in [5.74, 6) is -5.47. The third-order valence-electron chi connectivity index (χ3n) is 9.23. The number of benzene rings is 1. The van der Waals surface area contributed by atoms with Crippen molar-refractivity contribution >= 4 is 17.4 Å². The lowest BCUT2D eigenvalue weighted by Crippen LogP contribution is -2.63. The Morgan fingerprint density at radius 1 is 1.28 bits per heavy atom. The van der Waals surface area contributed by atoms with Crippen molar-refractivity contribution in [2.45, 2.75) is 63.3 Å². The van der Waals surface area contributed by atoms with Gasteiger partial charge in [-0.1, -0.05) is 13.0 Å². The van der Waals surface area contributed by atoms with Gasteiger partial charge in [0, 0.05) is 40.8 Å². The molecule has 5 atom stereocenters. The molecule has 0 bridgehead atoms. The van der Waals surface area contributed by atoms with Crippen LogP contribution in [0.4, 0.5) is 4.39 Å². The van der Waals surface area contributed by atoms with Gasteiger partial charge in [0.25, 0.3) is 5.91 Å². The Morgan fingerprint density at radius 3 is 2.59 bits per heavy atom. The Morgan fingerprint density at radius 2 is 1.97 bits per heavy atom. The summed E-state index contributed by atoms with van der Waals surface area (Å²) < 4.78 is 16.0. The highest BCUT2D eigenvalue weighted by Gasteiger charge is 2.62. The molecule has 2 fully saturated rings. The Kier molecular flexibility index (Phi) is 6.64. The second-order valence-electron chi connectivity index (χ2n) is 11.7. The quantitative estimate of drug-likeness (QED) is 0.391. The van der Waals surface area contributed by atoms with Crippen LogP contribution in [0.5, 0.6) is 5.75 Å². The number of amides is 1. The molecule has 0 spiro atoms. The number of fused-ring (bicyclic) bond motifs is 3. The number of ketones is 1. The second-order valence-corrected chi connectivity index (χ2v) is 11.7. The number of likely N-dealkylation sites (tertiary alicyclic amines) is 1. The first-order chi connectivity index (χ1) is 18.3. The van der Waals surface area contributed by atoms with E-state index in [0.717, 1.165) is 25.8 Å². The van der Waals surface area contributed by atoms with Crippen LogP contribution in [0.3, 0.4) is 0 Å². The minimum absolute atomic E-state index is 0.00953. The van der Waals surface area contributed by atoms with E-state index in [0.29, 0.717) is 12.1 Å². The topological polar surface area (TPSA) is 148 Å². The van der Waals surface area contributed by atoms with Gasteiger partial charge in [-0.2, -0.15) is 0 Å². The van der Waals surface area contributed by atoms with Gasteiger partial charge in [-0.05, 0) is 65.2 Å². The maximum atomic E-state index is 16.0. The van der Waals surface area contributed by atoms with Crippen molar-refractivity contribution in [1.82, 2.24) is 9.80 Å².